The zero-order valence-electron chi connectivity index (χ0n) is 18.9. The van der Waals surface area contributed by atoms with Gasteiger partial charge in [-0.15, -0.1) is 5.10 Å². The molecule has 0 saturated heterocycles. The van der Waals surface area contributed by atoms with E-state index in [0.717, 1.165) is 29.8 Å². The SMILES string of the molecule is CC[C@@H](O)CNc1nccc([C@@]23CC[C@@H](c4cc(-c5c(F)cccc5F)nnc42)C3(C)C)n1. The van der Waals surface area contributed by atoms with Gasteiger partial charge in [0.1, 0.15) is 11.6 Å². The Labute approximate surface area is 191 Å². The van der Waals surface area contributed by atoms with E-state index in [9.17, 15) is 13.9 Å². The number of halogens is 2. The van der Waals surface area contributed by atoms with Crippen LogP contribution in [0.1, 0.15) is 62.9 Å². The molecule has 2 aliphatic carbocycles. The lowest BCUT2D eigenvalue weighted by Crippen LogP contribution is -2.38. The number of hydrogen-bond donors (Lipinski definition) is 2. The van der Waals surface area contributed by atoms with Gasteiger partial charge in [0.15, 0.2) is 0 Å². The van der Waals surface area contributed by atoms with Crippen molar-refractivity contribution in [1.82, 2.24) is 20.2 Å². The molecule has 2 bridgehead atoms. The van der Waals surface area contributed by atoms with Crippen molar-refractivity contribution in [2.45, 2.75) is 57.5 Å². The summed E-state index contributed by atoms with van der Waals surface area (Å²) in [7, 11) is 0. The monoisotopic (exact) mass is 451 g/mol. The molecule has 0 spiro atoms. The average molecular weight is 452 g/mol. The van der Waals surface area contributed by atoms with Crippen LogP contribution in [0.25, 0.3) is 11.3 Å². The summed E-state index contributed by atoms with van der Waals surface area (Å²) in [6.07, 6.45) is 3.66. The first-order valence-electron chi connectivity index (χ1n) is 11.4. The molecule has 1 aromatic carbocycles. The van der Waals surface area contributed by atoms with Crippen LogP contribution in [0.5, 0.6) is 0 Å². The molecule has 6 nitrogen and oxygen atoms in total. The number of aliphatic hydroxyl groups is 1. The second kappa shape index (κ2) is 7.80. The van der Waals surface area contributed by atoms with Crippen LogP contribution in [-0.2, 0) is 5.41 Å². The van der Waals surface area contributed by atoms with Crippen LogP contribution in [0.15, 0.2) is 36.5 Å². The Morgan fingerprint density at radius 1 is 1.18 bits per heavy atom. The van der Waals surface area contributed by atoms with Crippen molar-refractivity contribution in [2.75, 3.05) is 11.9 Å². The third-order valence-electron chi connectivity index (χ3n) is 7.66. The Balaban J connectivity index is 1.60. The average Bonchev–Trinajstić information content (AvgIpc) is 3.18. The third-order valence-corrected chi connectivity index (χ3v) is 7.66. The quantitative estimate of drug-likeness (QED) is 0.570. The summed E-state index contributed by atoms with van der Waals surface area (Å²) in [5.41, 5.74) is 2.01. The minimum atomic E-state index is -0.651. The molecule has 1 saturated carbocycles. The van der Waals surface area contributed by atoms with Gasteiger partial charge in [-0.1, -0.05) is 26.8 Å². The van der Waals surface area contributed by atoms with Crippen LogP contribution in [0.3, 0.4) is 0 Å². The summed E-state index contributed by atoms with van der Waals surface area (Å²) in [6.45, 7) is 6.68. The second-order valence-electron chi connectivity index (χ2n) is 9.56. The number of fused-ring (bicyclic) bond motifs is 5. The Morgan fingerprint density at radius 2 is 1.94 bits per heavy atom. The standard InChI is InChI=1S/C25H27F2N5O/c1-4-14(33)13-29-23-28-11-9-20(30-23)25-10-8-16(24(25,2)3)15-12-19(31-32-22(15)25)21-17(26)6-5-7-18(21)27/h5-7,9,11-12,14,16,33H,4,8,10,13H2,1-3H3,(H,28,29,30)/t14-,16+,25+/m1/s1. The second-order valence-corrected chi connectivity index (χ2v) is 9.56. The molecule has 1 fully saturated rings. The van der Waals surface area contributed by atoms with Gasteiger partial charge in [0.2, 0.25) is 5.95 Å². The Morgan fingerprint density at radius 3 is 2.67 bits per heavy atom. The largest absolute Gasteiger partial charge is 0.391 e. The zero-order valence-corrected chi connectivity index (χ0v) is 18.9. The molecule has 3 aromatic rings. The summed E-state index contributed by atoms with van der Waals surface area (Å²) in [4.78, 5) is 9.13. The maximum atomic E-state index is 14.4. The van der Waals surface area contributed by atoms with Gasteiger partial charge in [-0.05, 0) is 60.4 Å². The van der Waals surface area contributed by atoms with Gasteiger partial charge in [0.05, 0.1) is 34.2 Å². The van der Waals surface area contributed by atoms with E-state index in [0.29, 0.717) is 18.9 Å². The fourth-order valence-electron chi connectivity index (χ4n) is 5.79. The third kappa shape index (κ3) is 3.14. The van der Waals surface area contributed by atoms with E-state index in [4.69, 9.17) is 4.98 Å². The first-order valence-corrected chi connectivity index (χ1v) is 11.4. The van der Waals surface area contributed by atoms with E-state index in [2.05, 4.69) is 34.3 Å². The van der Waals surface area contributed by atoms with Crippen LogP contribution in [0.2, 0.25) is 0 Å². The Hall–Kier alpha value is -3.00. The number of benzene rings is 1. The van der Waals surface area contributed by atoms with Gasteiger partial charge >= 0.3 is 0 Å². The summed E-state index contributed by atoms with van der Waals surface area (Å²) in [6, 6.07) is 7.52. The summed E-state index contributed by atoms with van der Waals surface area (Å²) >= 11 is 0. The predicted octanol–water partition coefficient (Wildman–Crippen LogP) is 4.60. The molecule has 33 heavy (non-hydrogen) atoms. The summed E-state index contributed by atoms with van der Waals surface area (Å²) in [5.74, 6) is -0.672. The Kier molecular flexibility index (Phi) is 5.16. The minimum absolute atomic E-state index is 0.148. The van der Waals surface area contributed by atoms with Crippen LogP contribution < -0.4 is 5.32 Å². The molecule has 8 heteroatoms. The van der Waals surface area contributed by atoms with Gasteiger partial charge in [-0.25, -0.2) is 18.7 Å². The molecular formula is C25H27F2N5O. The van der Waals surface area contributed by atoms with Crippen molar-refractivity contribution in [3.05, 3.63) is 65.1 Å². The van der Waals surface area contributed by atoms with Crippen LogP contribution in [0, 0.1) is 17.0 Å². The maximum Gasteiger partial charge on any atom is 0.222 e. The molecule has 3 atom stereocenters. The lowest BCUT2D eigenvalue weighted by molar-refractivity contribution is 0.183. The zero-order chi connectivity index (χ0) is 23.4. The molecule has 172 valence electrons. The number of rotatable bonds is 6. The maximum absolute atomic E-state index is 14.4. The first kappa shape index (κ1) is 21.8. The van der Waals surface area contributed by atoms with E-state index >= 15 is 0 Å². The van der Waals surface area contributed by atoms with Gasteiger partial charge in [-0.3, -0.25) is 0 Å². The highest BCUT2D eigenvalue weighted by Gasteiger charge is 2.65. The number of aliphatic hydroxyl groups excluding tert-OH is 1. The van der Waals surface area contributed by atoms with Crippen LogP contribution in [-0.4, -0.2) is 37.9 Å². The first-order chi connectivity index (χ1) is 15.8. The van der Waals surface area contributed by atoms with Crippen molar-refractivity contribution in [2.24, 2.45) is 5.41 Å². The molecule has 2 aromatic heterocycles. The normalized spacial score (nSPS) is 23.4. The van der Waals surface area contributed by atoms with E-state index in [1.54, 1.807) is 12.3 Å². The van der Waals surface area contributed by atoms with Crippen LogP contribution >= 0.6 is 0 Å². The van der Waals surface area contributed by atoms with Crippen molar-refractivity contribution >= 4 is 5.95 Å². The van der Waals surface area contributed by atoms with Crippen molar-refractivity contribution in [1.29, 1.82) is 0 Å². The van der Waals surface area contributed by atoms with E-state index in [1.807, 2.05) is 13.0 Å². The van der Waals surface area contributed by atoms with E-state index in [-0.39, 0.29) is 22.6 Å². The molecule has 0 unspecified atom stereocenters. The number of nitrogens with zero attached hydrogens (tertiary/aromatic N) is 4. The fourth-order valence-corrected chi connectivity index (χ4v) is 5.79. The molecule has 2 aliphatic rings. The van der Waals surface area contributed by atoms with E-state index in [1.165, 1.54) is 18.2 Å². The number of nitrogens with one attached hydrogen (secondary N) is 1. The minimum Gasteiger partial charge on any atom is -0.391 e. The number of aromatic nitrogens is 4. The highest BCUT2D eigenvalue weighted by atomic mass is 19.1. The van der Waals surface area contributed by atoms with Crippen LogP contribution in [0.4, 0.5) is 14.7 Å². The van der Waals surface area contributed by atoms with Gasteiger partial charge in [0.25, 0.3) is 0 Å². The number of anilines is 1. The van der Waals surface area contributed by atoms with Crippen molar-refractivity contribution in [3.63, 3.8) is 0 Å². The molecule has 2 heterocycles. The molecule has 0 aliphatic heterocycles. The van der Waals surface area contributed by atoms with Crippen molar-refractivity contribution in [3.8, 4) is 11.3 Å². The van der Waals surface area contributed by atoms with E-state index < -0.39 is 23.2 Å². The highest BCUT2D eigenvalue weighted by Crippen LogP contribution is 2.69. The molecule has 0 radical (unpaired) electrons. The topological polar surface area (TPSA) is 83.8 Å². The van der Waals surface area contributed by atoms with Gasteiger partial charge in [-0.2, -0.15) is 5.10 Å². The van der Waals surface area contributed by atoms with Gasteiger partial charge in [0, 0.05) is 12.7 Å². The Bertz CT molecular complexity index is 1200. The fraction of sp³-hybridized carbons (Fsp3) is 0.440. The number of hydrogen-bond acceptors (Lipinski definition) is 6. The predicted molar refractivity (Wildman–Crippen MR) is 121 cm³/mol. The lowest BCUT2D eigenvalue weighted by Gasteiger charge is -2.37. The lowest BCUT2D eigenvalue weighted by atomic mass is 9.66. The van der Waals surface area contributed by atoms with Crippen molar-refractivity contribution < 1.29 is 13.9 Å². The molecular weight excluding hydrogens is 424 g/mol. The summed E-state index contributed by atoms with van der Waals surface area (Å²) < 4.78 is 28.8. The highest BCUT2D eigenvalue weighted by molar-refractivity contribution is 5.64. The molecule has 2 N–H and O–H groups in total. The molecule has 5 rings (SSSR count). The van der Waals surface area contributed by atoms with Gasteiger partial charge < -0.3 is 10.4 Å². The molecule has 0 amide bonds. The smallest absolute Gasteiger partial charge is 0.222 e. The summed E-state index contributed by atoms with van der Waals surface area (Å²) in [5, 5.41) is 21.8.